The second-order valence-electron chi connectivity index (χ2n) is 12.7. The number of nitrogens with one attached hydrogen (secondary N) is 2. The predicted molar refractivity (Wildman–Crippen MR) is 194 cm³/mol. The van der Waals surface area contributed by atoms with Gasteiger partial charge in [-0.3, -0.25) is 14.5 Å². The Morgan fingerprint density at radius 1 is 1.37 bits per heavy atom. The summed E-state index contributed by atoms with van der Waals surface area (Å²) in [5.74, 6) is -2.18. The molecule has 3 fully saturated rings. The minimum absolute atomic E-state index is 0.0425. The molecular formula is C34H37FN8O5S3. The SMILES string of the molecule is C=CCO/N=C(\C(=O)NC1C(=O)N2C(C(=O)[O-])=C(CCSc3cc[n+](C4CC4)c4cc(N5CCNCC5C)c(F)cc34)CS[C@@H]12)c1csc(N)n1. The molecule has 268 valence electrons. The van der Waals surface area contributed by atoms with E-state index in [0.29, 0.717) is 35.2 Å². The molecule has 13 nitrogen and oxygen atoms in total. The number of anilines is 2. The highest BCUT2D eigenvalue weighted by molar-refractivity contribution is 8.00. The number of pyridine rings is 1. The Hall–Kier alpha value is -4.19. The van der Waals surface area contributed by atoms with Crippen LogP contribution >= 0.6 is 34.9 Å². The van der Waals surface area contributed by atoms with Crippen LogP contribution in [0.3, 0.4) is 0 Å². The van der Waals surface area contributed by atoms with Crippen molar-refractivity contribution in [2.75, 3.05) is 48.4 Å². The monoisotopic (exact) mass is 752 g/mol. The van der Waals surface area contributed by atoms with Crippen molar-refractivity contribution in [1.82, 2.24) is 20.5 Å². The number of rotatable bonds is 13. The van der Waals surface area contributed by atoms with Gasteiger partial charge in [-0.1, -0.05) is 17.8 Å². The zero-order valence-corrected chi connectivity index (χ0v) is 30.3. The van der Waals surface area contributed by atoms with Gasteiger partial charge >= 0.3 is 0 Å². The van der Waals surface area contributed by atoms with Crippen LogP contribution in [0.25, 0.3) is 10.9 Å². The molecule has 3 aromatic rings. The number of nitrogens with zero attached hydrogens (tertiary/aromatic N) is 5. The number of β-lactam (4-membered cyclic amide) rings is 1. The summed E-state index contributed by atoms with van der Waals surface area (Å²) in [6, 6.07) is 5.18. The normalized spacial score (nSPS) is 22.1. The number of thiazole rings is 1. The van der Waals surface area contributed by atoms with E-state index < -0.39 is 29.2 Å². The van der Waals surface area contributed by atoms with E-state index >= 15 is 4.39 Å². The lowest BCUT2D eigenvalue weighted by molar-refractivity contribution is -0.675. The van der Waals surface area contributed by atoms with E-state index in [0.717, 1.165) is 59.6 Å². The van der Waals surface area contributed by atoms with Gasteiger partial charge in [-0.05, 0) is 25.0 Å². The maximum Gasteiger partial charge on any atom is 0.276 e. The van der Waals surface area contributed by atoms with Crippen molar-refractivity contribution in [3.63, 3.8) is 0 Å². The van der Waals surface area contributed by atoms with Crippen molar-refractivity contribution in [3.8, 4) is 0 Å². The number of nitrogens with two attached hydrogens (primary N) is 1. The van der Waals surface area contributed by atoms with Crippen LogP contribution in [-0.4, -0.2) is 88.6 Å². The number of carbonyl (C=O) groups excluding carboxylic acids is 3. The molecule has 4 aliphatic rings. The largest absolute Gasteiger partial charge is 0.543 e. The number of aromatic nitrogens is 2. The van der Waals surface area contributed by atoms with Crippen molar-refractivity contribution >= 4 is 80.1 Å². The third kappa shape index (κ3) is 7.03. The quantitative estimate of drug-likeness (QED) is 0.0444. The summed E-state index contributed by atoms with van der Waals surface area (Å²) in [6.07, 6.45) is 6.06. The highest BCUT2D eigenvalue weighted by Gasteiger charge is 2.53. The van der Waals surface area contributed by atoms with Crippen molar-refractivity contribution in [1.29, 1.82) is 0 Å². The van der Waals surface area contributed by atoms with E-state index in [2.05, 4.69) is 49.9 Å². The Balaban J connectivity index is 1.06. The number of piperazine rings is 1. The van der Waals surface area contributed by atoms with Gasteiger partial charge in [-0.15, -0.1) is 34.9 Å². The molecular weight excluding hydrogens is 716 g/mol. The molecule has 3 atom stereocenters. The van der Waals surface area contributed by atoms with Crippen molar-refractivity contribution in [3.05, 3.63) is 65.2 Å². The Kier molecular flexibility index (Phi) is 10.2. The van der Waals surface area contributed by atoms with Crippen molar-refractivity contribution in [2.24, 2.45) is 5.16 Å². The average molecular weight is 753 g/mol. The molecule has 5 heterocycles. The number of nitrogen functional groups attached to an aromatic ring is 1. The van der Waals surface area contributed by atoms with Gasteiger partial charge in [0.05, 0.1) is 22.7 Å². The topological polar surface area (TPSA) is 169 Å². The van der Waals surface area contributed by atoms with Crippen LogP contribution < -0.4 is 30.9 Å². The fourth-order valence-electron chi connectivity index (χ4n) is 6.61. The van der Waals surface area contributed by atoms with Gasteiger partial charge in [0.15, 0.2) is 23.1 Å². The molecule has 4 N–H and O–H groups in total. The number of halogens is 1. The van der Waals surface area contributed by atoms with E-state index in [1.165, 1.54) is 34.5 Å². The summed E-state index contributed by atoms with van der Waals surface area (Å²) < 4.78 is 18.0. The summed E-state index contributed by atoms with van der Waals surface area (Å²) in [5.41, 5.74) is 7.73. The first-order chi connectivity index (χ1) is 24.7. The van der Waals surface area contributed by atoms with Crippen LogP contribution in [0.5, 0.6) is 0 Å². The lowest BCUT2D eigenvalue weighted by atomic mass is 10.0. The van der Waals surface area contributed by atoms with E-state index in [4.69, 9.17) is 10.6 Å². The van der Waals surface area contributed by atoms with Gasteiger partial charge in [0.2, 0.25) is 5.52 Å². The number of aliphatic carboxylic acids is 1. The second kappa shape index (κ2) is 14.8. The van der Waals surface area contributed by atoms with E-state index in [-0.39, 0.29) is 40.7 Å². The maximum absolute atomic E-state index is 15.7. The first kappa shape index (κ1) is 35.2. The smallest absolute Gasteiger partial charge is 0.276 e. The maximum atomic E-state index is 15.7. The zero-order valence-electron chi connectivity index (χ0n) is 27.8. The van der Waals surface area contributed by atoms with Crippen LogP contribution in [0.1, 0.15) is 37.9 Å². The van der Waals surface area contributed by atoms with Crippen molar-refractivity contribution < 1.29 is 33.3 Å². The highest BCUT2D eigenvalue weighted by Crippen LogP contribution is 2.42. The minimum atomic E-state index is -1.45. The van der Waals surface area contributed by atoms with Crippen molar-refractivity contribution in [2.45, 2.75) is 54.6 Å². The number of benzene rings is 1. The summed E-state index contributed by atoms with van der Waals surface area (Å²) in [7, 11) is 0. The minimum Gasteiger partial charge on any atom is -0.543 e. The Morgan fingerprint density at radius 3 is 2.90 bits per heavy atom. The predicted octanol–water partition coefficient (Wildman–Crippen LogP) is 1.93. The molecule has 2 amide bonds. The molecule has 1 aromatic carbocycles. The van der Waals surface area contributed by atoms with E-state index in [1.807, 2.05) is 12.1 Å². The fourth-order valence-corrected chi connectivity index (χ4v) is 9.59. The number of amides is 2. The summed E-state index contributed by atoms with van der Waals surface area (Å²) >= 11 is 4.00. The molecule has 1 aliphatic carbocycles. The number of carboxylic acids is 1. The van der Waals surface area contributed by atoms with Crippen LogP contribution in [-0.2, 0) is 19.2 Å². The van der Waals surface area contributed by atoms with Gasteiger partial charge < -0.3 is 36.0 Å². The third-order valence-electron chi connectivity index (χ3n) is 9.26. The molecule has 2 unspecified atom stereocenters. The van der Waals surface area contributed by atoms with Gasteiger partial charge in [-0.2, -0.15) is 4.57 Å². The first-order valence-electron chi connectivity index (χ1n) is 16.6. The molecule has 1 saturated carbocycles. The molecule has 17 heteroatoms. The zero-order chi connectivity index (χ0) is 35.8. The number of carbonyl (C=O) groups is 3. The molecule has 2 saturated heterocycles. The van der Waals surface area contributed by atoms with Crippen LogP contribution in [0.4, 0.5) is 15.2 Å². The molecule has 0 spiro atoms. The number of oxime groups is 1. The Labute approximate surface area is 306 Å². The third-order valence-corrected chi connectivity index (χ3v) is 12.4. The highest BCUT2D eigenvalue weighted by atomic mass is 32.2. The molecule has 3 aliphatic heterocycles. The molecule has 7 rings (SSSR count). The lowest BCUT2D eigenvalue weighted by Crippen LogP contribution is -2.71. The molecule has 2 aromatic heterocycles. The van der Waals surface area contributed by atoms with Crippen LogP contribution in [0.15, 0.2) is 63.8 Å². The van der Waals surface area contributed by atoms with Crippen LogP contribution in [0.2, 0.25) is 0 Å². The Bertz CT molecular complexity index is 1970. The number of thioether (sulfide) groups is 2. The van der Waals surface area contributed by atoms with Gasteiger partial charge in [0, 0.05) is 72.4 Å². The summed E-state index contributed by atoms with van der Waals surface area (Å²) in [6.45, 7) is 8.01. The lowest BCUT2D eigenvalue weighted by Gasteiger charge is -2.50. The second-order valence-corrected chi connectivity index (χ2v) is 15.8. The molecule has 0 radical (unpaired) electrons. The number of carboxylic acid groups (broad SMARTS) is 1. The standard InChI is InChI=1S/C34H37FN8O5S3/c1-3-11-48-40-27(23-17-51-34(36)38-23)30(44)39-28-31(45)43-29(33(46)47)19(16-50-32(28)43)7-12-49-26-6-9-42(20-4-5-20)24-14-25(22(35)13-21(24)26)41-10-8-37-15-18(41)2/h3,6,9,13-14,17-18,20,28,32,37H,1,4-5,7-8,10-12,15-16H2,2H3,(H3-,36,38,39,44,46,47)/b40-27-/t18?,28?,32-/m0/s1. The molecule has 0 bridgehead atoms. The van der Waals surface area contributed by atoms with Crippen LogP contribution in [0, 0.1) is 5.82 Å². The fraction of sp³-hybridized carbons (Fsp3) is 0.412. The van der Waals surface area contributed by atoms with Gasteiger partial charge in [0.1, 0.15) is 29.5 Å². The first-order valence-corrected chi connectivity index (χ1v) is 19.6. The average Bonchev–Trinajstić information content (AvgIpc) is 3.87. The number of hydrogen-bond acceptors (Lipinski definition) is 13. The molecule has 51 heavy (non-hydrogen) atoms. The summed E-state index contributed by atoms with van der Waals surface area (Å²) in [5, 5.41) is 24.3. The van der Waals surface area contributed by atoms with E-state index in [9.17, 15) is 19.5 Å². The number of hydrogen-bond donors (Lipinski definition) is 3. The van der Waals surface area contributed by atoms with E-state index in [1.54, 1.807) is 11.4 Å². The number of fused-ring (bicyclic) bond motifs is 2. The van der Waals surface area contributed by atoms with Gasteiger partial charge in [-0.25, -0.2) is 9.37 Å². The summed E-state index contributed by atoms with van der Waals surface area (Å²) in [4.78, 5) is 52.4. The Morgan fingerprint density at radius 2 is 2.20 bits per heavy atom. The van der Waals surface area contributed by atoms with Gasteiger partial charge in [0.25, 0.3) is 11.8 Å².